The molecule has 2 aromatic heterocycles. The molecule has 7 nitrogen and oxygen atoms in total. The van der Waals surface area contributed by atoms with Crippen LogP contribution in [0.1, 0.15) is 31.0 Å². The smallest absolute Gasteiger partial charge is 0.356 e. The van der Waals surface area contributed by atoms with E-state index in [1.54, 1.807) is 24.3 Å². The van der Waals surface area contributed by atoms with Crippen LogP contribution in [0.25, 0.3) is 10.9 Å². The number of aromatic amines is 1. The van der Waals surface area contributed by atoms with Crippen molar-refractivity contribution in [1.82, 2.24) is 15.3 Å². The van der Waals surface area contributed by atoms with Gasteiger partial charge in [0.2, 0.25) is 5.56 Å². The summed E-state index contributed by atoms with van der Waals surface area (Å²) in [6.07, 6.45) is -2.79. The van der Waals surface area contributed by atoms with Crippen LogP contribution < -0.4 is 21.1 Å². The van der Waals surface area contributed by atoms with Crippen molar-refractivity contribution in [3.05, 3.63) is 64.1 Å². The van der Waals surface area contributed by atoms with E-state index in [-0.39, 0.29) is 17.9 Å². The SMILES string of the molecule is CC1CCN(c2nc(C(F)(F)F)ccc2CNC(=O)Nc2ccc3[nH]c(=O)ccc3c2)CC1. The number of nitrogens with zero attached hydrogens (tertiary/aromatic N) is 2. The number of H-pyrrole nitrogens is 1. The predicted molar refractivity (Wildman–Crippen MR) is 120 cm³/mol. The lowest BCUT2D eigenvalue weighted by Gasteiger charge is -2.33. The zero-order valence-electron chi connectivity index (χ0n) is 18.0. The highest BCUT2D eigenvalue weighted by Crippen LogP contribution is 2.32. The fourth-order valence-electron chi connectivity index (χ4n) is 3.85. The molecule has 3 heterocycles. The molecule has 0 atom stereocenters. The molecule has 0 aliphatic carbocycles. The number of nitrogens with one attached hydrogen (secondary N) is 3. The summed E-state index contributed by atoms with van der Waals surface area (Å²) in [5.74, 6) is 0.769. The summed E-state index contributed by atoms with van der Waals surface area (Å²) in [6.45, 7) is 3.38. The number of fused-ring (bicyclic) bond motifs is 1. The van der Waals surface area contributed by atoms with E-state index >= 15 is 0 Å². The molecule has 4 rings (SSSR count). The number of benzene rings is 1. The number of aromatic nitrogens is 2. The first kappa shape index (κ1) is 22.6. The second-order valence-corrected chi connectivity index (χ2v) is 8.28. The first-order valence-corrected chi connectivity index (χ1v) is 10.7. The Labute approximate surface area is 188 Å². The molecule has 0 radical (unpaired) electrons. The van der Waals surface area contributed by atoms with Gasteiger partial charge in [-0.3, -0.25) is 4.79 Å². The van der Waals surface area contributed by atoms with E-state index in [1.165, 1.54) is 12.1 Å². The number of urea groups is 1. The van der Waals surface area contributed by atoms with Gasteiger partial charge in [0.05, 0.1) is 0 Å². The first-order chi connectivity index (χ1) is 15.7. The number of hydrogen-bond donors (Lipinski definition) is 3. The number of hydrogen-bond acceptors (Lipinski definition) is 4. The van der Waals surface area contributed by atoms with Crippen molar-refractivity contribution in [3.8, 4) is 0 Å². The molecule has 2 amide bonds. The van der Waals surface area contributed by atoms with Crippen LogP contribution in [-0.4, -0.2) is 29.1 Å². The number of amides is 2. The second kappa shape index (κ2) is 9.13. The summed E-state index contributed by atoms with van der Waals surface area (Å²) >= 11 is 0. The molecule has 174 valence electrons. The number of alkyl halides is 3. The maximum atomic E-state index is 13.2. The standard InChI is InChI=1S/C23H24F3N5O2/c1-14-8-10-31(11-9-14)21-16(2-6-19(30-21)23(24,25)26)13-27-22(33)28-17-4-5-18-15(12-17)3-7-20(32)29-18/h2-7,12,14H,8-11,13H2,1H3,(H,29,32)(H2,27,28,33). The van der Waals surface area contributed by atoms with Gasteiger partial charge in [0.25, 0.3) is 0 Å². The van der Waals surface area contributed by atoms with Crippen LogP contribution in [0.2, 0.25) is 0 Å². The molecule has 33 heavy (non-hydrogen) atoms. The van der Waals surface area contributed by atoms with Crippen molar-refractivity contribution < 1.29 is 18.0 Å². The zero-order valence-corrected chi connectivity index (χ0v) is 18.0. The molecule has 1 saturated heterocycles. The maximum Gasteiger partial charge on any atom is 0.433 e. The van der Waals surface area contributed by atoms with Crippen molar-refractivity contribution in [2.75, 3.05) is 23.3 Å². The highest BCUT2D eigenvalue weighted by atomic mass is 19.4. The van der Waals surface area contributed by atoms with E-state index in [4.69, 9.17) is 0 Å². The van der Waals surface area contributed by atoms with Gasteiger partial charge < -0.3 is 20.5 Å². The number of carbonyl (C=O) groups excluding carboxylic acids is 1. The molecular formula is C23H24F3N5O2. The monoisotopic (exact) mass is 459 g/mol. The van der Waals surface area contributed by atoms with Gasteiger partial charge >= 0.3 is 12.2 Å². The third kappa shape index (κ3) is 5.44. The van der Waals surface area contributed by atoms with Crippen molar-refractivity contribution in [2.45, 2.75) is 32.5 Å². The number of rotatable bonds is 4. The van der Waals surface area contributed by atoms with Crippen LogP contribution in [0.5, 0.6) is 0 Å². The quantitative estimate of drug-likeness (QED) is 0.536. The summed E-state index contributed by atoms with van der Waals surface area (Å²) in [7, 11) is 0. The van der Waals surface area contributed by atoms with Gasteiger partial charge in [-0.05, 0) is 49.1 Å². The van der Waals surface area contributed by atoms with E-state index in [1.807, 2.05) is 4.90 Å². The van der Waals surface area contributed by atoms with Gasteiger partial charge in [-0.15, -0.1) is 0 Å². The van der Waals surface area contributed by atoms with Gasteiger partial charge in [0.1, 0.15) is 11.5 Å². The van der Waals surface area contributed by atoms with Crippen LogP contribution >= 0.6 is 0 Å². The summed E-state index contributed by atoms with van der Waals surface area (Å²) in [5.41, 5.74) is 0.514. The Morgan fingerprint density at radius 2 is 1.91 bits per heavy atom. The molecular weight excluding hydrogens is 435 g/mol. The van der Waals surface area contributed by atoms with Crippen LogP contribution in [0.15, 0.2) is 47.3 Å². The molecule has 10 heteroatoms. The average Bonchev–Trinajstić information content (AvgIpc) is 2.77. The predicted octanol–water partition coefficient (Wildman–Crippen LogP) is 4.50. The Kier molecular flexibility index (Phi) is 6.26. The summed E-state index contributed by atoms with van der Waals surface area (Å²) in [6, 6.07) is 9.90. The van der Waals surface area contributed by atoms with Gasteiger partial charge in [-0.1, -0.05) is 13.0 Å². The van der Waals surface area contributed by atoms with Gasteiger partial charge in [-0.2, -0.15) is 13.2 Å². The molecule has 0 unspecified atom stereocenters. The third-order valence-electron chi connectivity index (χ3n) is 5.75. The largest absolute Gasteiger partial charge is 0.433 e. The lowest BCUT2D eigenvalue weighted by Crippen LogP contribution is -2.35. The molecule has 1 aliphatic rings. The van der Waals surface area contributed by atoms with Crippen LogP contribution in [0.3, 0.4) is 0 Å². The van der Waals surface area contributed by atoms with Gasteiger partial charge in [0.15, 0.2) is 0 Å². The minimum Gasteiger partial charge on any atom is -0.356 e. The van der Waals surface area contributed by atoms with E-state index in [0.717, 1.165) is 24.3 Å². The topological polar surface area (TPSA) is 90.1 Å². The molecule has 0 saturated carbocycles. The highest BCUT2D eigenvalue weighted by Gasteiger charge is 2.34. The Hall–Kier alpha value is -3.56. The van der Waals surface area contributed by atoms with Crippen LogP contribution in [-0.2, 0) is 12.7 Å². The number of piperidine rings is 1. The van der Waals surface area contributed by atoms with Gasteiger partial charge in [0, 0.05) is 47.9 Å². The molecule has 0 bridgehead atoms. The van der Waals surface area contributed by atoms with E-state index in [2.05, 4.69) is 27.5 Å². The van der Waals surface area contributed by atoms with Crippen molar-refractivity contribution in [2.24, 2.45) is 5.92 Å². The minimum absolute atomic E-state index is 0.0270. The highest BCUT2D eigenvalue weighted by molar-refractivity contribution is 5.92. The number of carbonyl (C=O) groups is 1. The fraction of sp³-hybridized carbons (Fsp3) is 0.348. The Balaban J connectivity index is 1.48. The summed E-state index contributed by atoms with van der Waals surface area (Å²) in [4.78, 5) is 32.3. The van der Waals surface area contributed by atoms with Crippen molar-refractivity contribution in [3.63, 3.8) is 0 Å². The Bertz CT molecular complexity index is 1220. The first-order valence-electron chi connectivity index (χ1n) is 10.7. The number of halogens is 3. The molecule has 1 fully saturated rings. The lowest BCUT2D eigenvalue weighted by molar-refractivity contribution is -0.141. The fourth-order valence-corrected chi connectivity index (χ4v) is 3.85. The Morgan fingerprint density at radius 1 is 1.15 bits per heavy atom. The molecule has 1 aromatic carbocycles. The summed E-state index contributed by atoms with van der Waals surface area (Å²) < 4.78 is 39.7. The molecule has 1 aliphatic heterocycles. The number of anilines is 2. The van der Waals surface area contributed by atoms with Crippen LogP contribution in [0.4, 0.5) is 29.5 Å². The van der Waals surface area contributed by atoms with E-state index in [9.17, 15) is 22.8 Å². The summed E-state index contributed by atoms with van der Waals surface area (Å²) in [5, 5.41) is 6.15. The molecule has 3 N–H and O–H groups in total. The average molecular weight is 459 g/mol. The van der Waals surface area contributed by atoms with Crippen LogP contribution in [0, 0.1) is 5.92 Å². The maximum absolute atomic E-state index is 13.2. The minimum atomic E-state index is -4.54. The van der Waals surface area contributed by atoms with Gasteiger partial charge in [-0.25, -0.2) is 9.78 Å². The lowest BCUT2D eigenvalue weighted by atomic mass is 9.99. The number of pyridine rings is 2. The molecule has 0 spiro atoms. The normalized spacial score (nSPS) is 15.0. The van der Waals surface area contributed by atoms with E-state index in [0.29, 0.717) is 35.8 Å². The third-order valence-corrected chi connectivity index (χ3v) is 5.75. The second-order valence-electron chi connectivity index (χ2n) is 8.28. The molecule has 3 aromatic rings. The Morgan fingerprint density at radius 3 is 2.64 bits per heavy atom. The van der Waals surface area contributed by atoms with Crippen molar-refractivity contribution >= 4 is 28.4 Å². The van der Waals surface area contributed by atoms with E-state index < -0.39 is 17.9 Å². The zero-order chi connectivity index (χ0) is 23.6. The van der Waals surface area contributed by atoms with Crippen molar-refractivity contribution in [1.29, 1.82) is 0 Å².